The van der Waals surface area contributed by atoms with Gasteiger partial charge in [0.2, 0.25) is 0 Å². The molecule has 0 unspecified atom stereocenters. The number of nitrogens with zero attached hydrogens (tertiary/aromatic N) is 1. The van der Waals surface area contributed by atoms with Crippen molar-refractivity contribution < 1.29 is 26.5 Å². The molecule has 1 amide bonds. The van der Waals surface area contributed by atoms with Gasteiger partial charge in [0, 0.05) is 0 Å². The molecule has 1 aromatic heterocycles. The second-order valence-electron chi connectivity index (χ2n) is 2.66. The number of hydrogen-bond donors (Lipinski definition) is 1. The van der Waals surface area contributed by atoms with E-state index >= 15 is 0 Å². The standard InChI is InChI=1S/C10H10N2O2.V/c1-2-3-4-14-9-5-8(10(11)13)6-12-7-9;/h1-3,5-7H,4H2,(H2,11,13);. The Hall–Kier alpha value is -1.39. The maximum atomic E-state index is 10.8. The van der Waals surface area contributed by atoms with Crippen LogP contribution >= 0.6 is 0 Å². The number of carbonyl (C=O) groups is 1. The average molecular weight is 241 g/mol. The number of allylic oxidation sites excluding steroid dienone is 1. The van der Waals surface area contributed by atoms with Gasteiger partial charge in [0.25, 0.3) is 0 Å². The van der Waals surface area contributed by atoms with Crippen molar-refractivity contribution in [1.82, 2.24) is 4.98 Å². The van der Waals surface area contributed by atoms with E-state index in [-0.39, 0.29) is 0 Å². The fourth-order valence-electron chi connectivity index (χ4n) is 0.893. The van der Waals surface area contributed by atoms with E-state index in [2.05, 4.69) is 22.0 Å². The first kappa shape index (κ1) is 11.7. The molecule has 0 spiro atoms. The van der Waals surface area contributed by atoms with Crippen LogP contribution in [0.3, 0.4) is 0 Å². The number of amides is 1. The molecule has 0 aromatic carbocycles. The number of aromatic nitrogens is 1. The second-order valence-corrected chi connectivity index (χ2v) is 3.13. The van der Waals surface area contributed by atoms with Crippen LogP contribution in [0.1, 0.15) is 10.4 Å². The molecular weight excluding hydrogens is 231 g/mol. The van der Waals surface area contributed by atoms with Crippen LogP contribution in [-0.4, -0.2) is 22.2 Å². The third kappa shape index (κ3) is 4.10. The summed E-state index contributed by atoms with van der Waals surface area (Å²) >= 11 is 2.32. The Balaban J connectivity index is 2.61. The first-order valence-electron chi connectivity index (χ1n) is 4.24. The predicted molar refractivity (Wildman–Crippen MR) is 53.5 cm³/mol. The van der Waals surface area contributed by atoms with Crippen LogP contribution in [0.15, 0.2) is 30.6 Å². The molecule has 0 aliphatic heterocycles. The number of hydrogen-bond acceptors (Lipinski definition) is 3. The zero-order valence-electron chi connectivity index (χ0n) is 7.96. The number of primary amides is 1. The van der Waals surface area contributed by atoms with Crippen molar-refractivity contribution >= 4 is 10.6 Å². The maximum absolute atomic E-state index is 10.8. The molecule has 0 saturated heterocycles. The molecule has 0 atom stereocenters. The van der Waals surface area contributed by atoms with Crippen molar-refractivity contribution in [2.24, 2.45) is 5.73 Å². The van der Waals surface area contributed by atoms with Crippen molar-refractivity contribution in [3.05, 3.63) is 36.2 Å². The molecule has 0 fully saturated rings. The van der Waals surface area contributed by atoms with Gasteiger partial charge in [-0.2, -0.15) is 0 Å². The molecule has 77 valence electrons. The van der Waals surface area contributed by atoms with Crippen LogP contribution in [0.5, 0.6) is 5.75 Å². The number of ether oxygens (including phenoxy) is 1. The van der Waals surface area contributed by atoms with Crippen LogP contribution in [-0.2, 0) is 17.0 Å². The molecule has 0 bridgehead atoms. The summed E-state index contributed by atoms with van der Waals surface area (Å²) in [6, 6.07) is 1.56. The van der Waals surface area contributed by atoms with Crippen LogP contribution < -0.4 is 10.5 Å². The molecule has 1 heterocycles. The normalized spacial score (nSPS) is 10.1. The van der Waals surface area contributed by atoms with E-state index in [0.29, 0.717) is 17.9 Å². The van der Waals surface area contributed by atoms with Gasteiger partial charge in [-0.25, -0.2) is 0 Å². The Morgan fingerprint density at radius 1 is 1.60 bits per heavy atom. The first-order valence-corrected chi connectivity index (χ1v) is 5.05. The van der Waals surface area contributed by atoms with Crippen LogP contribution in [0.25, 0.3) is 0 Å². The van der Waals surface area contributed by atoms with Gasteiger partial charge in [0.15, 0.2) is 0 Å². The molecule has 0 radical (unpaired) electrons. The third-order valence-corrected chi connectivity index (χ3v) is 1.83. The number of carbonyl (C=O) groups excluding carboxylic acids is 1. The van der Waals surface area contributed by atoms with Gasteiger partial charge in [-0.05, 0) is 0 Å². The Kier molecular flexibility index (Phi) is 4.80. The zero-order valence-corrected chi connectivity index (χ0v) is 9.36. The molecule has 2 N–H and O–H groups in total. The fraction of sp³-hybridized carbons (Fsp3) is 0.100. The number of nitrogens with two attached hydrogens (primary N) is 1. The molecule has 1 aromatic rings. The van der Waals surface area contributed by atoms with Crippen molar-refractivity contribution in [3.63, 3.8) is 0 Å². The Morgan fingerprint density at radius 2 is 2.40 bits per heavy atom. The van der Waals surface area contributed by atoms with E-state index in [1.165, 1.54) is 12.4 Å². The van der Waals surface area contributed by atoms with E-state index in [9.17, 15) is 4.79 Å². The molecule has 15 heavy (non-hydrogen) atoms. The van der Waals surface area contributed by atoms with Gasteiger partial charge in [-0.1, -0.05) is 0 Å². The molecule has 1 rings (SSSR count). The van der Waals surface area contributed by atoms with Crippen molar-refractivity contribution in [2.75, 3.05) is 6.61 Å². The van der Waals surface area contributed by atoms with Crippen LogP contribution in [0.4, 0.5) is 0 Å². The summed E-state index contributed by atoms with van der Waals surface area (Å²) in [6.07, 6.45) is 6.63. The molecule has 0 saturated carbocycles. The predicted octanol–water partition coefficient (Wildman–Crippen LogP) is 0.465. The fourth-order valence-corrected chi connectivity index (χ4v) is 1.08. The van der Waals surface area contributed by atoms with E-state index in [1.807, 2.05) is 16.9 Å². The summed E-state index contributed by atoms with van der Waals surface area (Å²) < 4.78 is 7.16. The molecular formula is C10H10N2O2V. The Labute approximate surface area is 96.6 Å². The third-order valence-electron chi connectivity index (χ3n) is 1.57. The summed E-state index contributed by atoms with van der Waals surface area (Å²) in [7, 11) is 0. The Morgan fingerprint density at radius 3 is 3.07 bits per heavy atom. The van der Waals surface area contributed by atoms with Crippen molar-refractivity contribution in [1.29, 1.82) is 0 Å². The monoisotopic (exact) mass is 241 g/mol. The van der Waals surface area contributed by atoms with Crippen LogP contribution in [0, 0.1) is 0 Å². The van der Waals surface area contributed by atoms with Crippen molar-refractivity contribution in [2.45, 2.75) is 0 Å². The van der Waals surface area contributed by atoms with Gasteiger partial charge in [-0.3, -0.25) is 0 Å². The van der Waals surface area contributed by atoms with Gasteiger partial charge in [-0.15, -0.1) is 0 Å². The molecule has 4 nitrogen and oxygen atoms in total. The van der Waals surface area contributed by atoms with Gasteiger partial charge < -0.3 is 0 Å². The van der Waals surface area contributed by atoms with Gasteiger partial charge in [0.05, 0.1) is 0 Å². The minimum absolute atomic E-state index is 0.343. The summed E-state index contributed by atoms with van der Waals surface area (Å²) in [5.41, 5.74) is 5.45. The number of pyridine rings is 1. The second kappa shape index (κ2) is 6.16. The summed E-state index contributed by atoms with van der Waals surface area (Å²) in [6.45, 7) is 0.429. The van der Waals surface area contributed by atoms with E-state index in [4.69, 9.17) is 10.5 Å². The zero-order chi connectivity index (χ0) is 11.1. The van der Waals surface area contributed by atoms with E-state index < -0.39 is 5.91 Å². The van der Waals surface area contributed by atoms with Crippen molar-refractivity contribution in [3.8, 4) is 5.75 Å². The Bertz CT molecular complexity index is 391. The summed E-state index contributed by atoms with van der Waals surface area (Å²) in [4.78, 5) is 14.7. The summed E-state index contributed by atoms with van der Waals surface area (Å²) in [5, 5.41) is 0. The molecule has 0 aliphatic rings. The van der Waals surface area contributed by atoms with Gasteiger partial charge in [0.1, 0.15) is 0 Å². The summed E-state index contributed by atoms with van der Waals surface area (Å²) in [5.74, 6) is 0.0178. The van der Waals surface area contributed by atoms with Crippen LogP contribution in [0.2, 0.25) is 0 Å². The molecule has 0 aliphatic carbocycles. The average Bonchev–Trinajstić information content (AvgIpc) is 2.25. The SMILES string of the molecule is NC(=O)c1cncc(OCC=C[CH]=[V])c1. The first-order chi connectivity index (χ1) is 7.24. The topological polar surface area (TPSA) is 65.2 Å². The van der Waals surface area contributed by atoms with E-state index in [0.717, 1.165) is 0 Å². The quantitative estimate of drug-likeness (QED) is 0.814. The van der Waals surface area contributed by atoms with Gasteiger partial charge >= 0.3 is 96.4 Å². The minimum atomic E-state index is -0.511. The van der Waals surface area contributed by atoms with E-state index in [1.54, 1.807) is 6.07 Å². The number of rotatable bonds is 5. The molecule has 5 heteroatoms.